The zero-order valence-electron chi connectivity index (χ0n) is 8.02. The highest BCUT2D eigenvalue weighted by Gasteiger charge is 2.07. The van der Waals surface area contributed by atoms with Crippen LogP contribution in [0.25, 0.3) is 0 Å². The molecule has 1 aromatic heterocycles. The van der Waals surface area contributed by atoms with Gasteiger partial charge in [0, 0.05) is 13.3 Å². The molecule has 0 aliphatic carbocycles. The van der Waals surface area contributed by atoms with Crippen molar-refractivity contribution in [3.8, 4) is 0 Å². The second kappa shape index (κ2) is 5.36. The third-order valence-corrected chi connectivity index (χ3v) is 2.17. The number of nitrogens with zero attached hydrogens (tertiary/aromatic N) is 1. The Bertz CT molecular complexity index is 230. The lowest BCUT2D eigenvalue weighted by Crippen LogP contribution is -3.00. The van der Waals surface area contributed by atoms with Gasteiger partial charge < -0.3 is 17.0 Å². The van der Waals surface area contributed by atoms with E-state index in [1.807, 2.05) is 0 Å². The Morgan fingerprint density at radius 1 is 1.50 bits per heavy atom. The molecule has 12 heavy (non-hydrogen) atoms. The van der Waals surface area contributed by atoms with E-state index in [4.69, 9.17) is 0 Å². The summed E-state index contributed by atoms with van der Waals surface area (Å²) in [6, 6.07) is 0. The zero-order valence-corrected chi connectivity index (χ0v) is 9.61. The van der Waals surface area contributed by atoms with Crippen LogP contribution in [0.3, 0.4) is 0 Å². The van der Waals surface area contributed by atoms with Crippen LogP contribution in [0.2, 0.25) is 0 Å². The van der Waals surface area contributed by atoms with Crippen LogP contribution in [-0.4, -0.2) is 4.98 Å². The Kier molecular flexibility index (Phi) is 5.22. The van der Waals surface area contributed by atoms with Gasteiger partial charge in [-0.1, -0.05) is 13.3 Å². The molecule has 2 nitrogen and oxygen atoms in total. The van der Waals surface area contributed by atoms with E-state index in [0.29, 0.717) is 0 Å². The number of unbranched alkanes of at least 4 members (excludes halogenated alkanes) is 1. The van der Waals surface area contributed by atoms with Gasteiger partial charge in [0.2, 0.25) is 0 Å². The lowest BCUT2D eigenvalue weighted by molar-refractivity contribution is -0.683. The molecule has 0 fully saturated rings. The predicted molar refractivity (Wildman–Crippen MR) is 45.3 cm³/mol. The van der Waals surface area contributed by atoms with Gasteiger partial charge in [-0.05, 0) is 6.42 Å². The normalized spacial score (nSPS) is 9.58. The number of aromatic nitrogens is 2. The highest BCUT2D eigenvalue weighted by Crippen LogP contribution is 1.98. The molecule has 1 N–H and O–H groups in total. The Morgan fingerprint density at radius 2 is 2.17 bits per heavy atom. The standard InChI is InChI=1S/C9H16N2.BrH/c1-4-5-6-9-7-10-8(2)11(9)3;/h7H,4-6H2,1-3H3;1H. The van der Waals surface area contributed by atoms with Gasteiger partial charge in [0.05, 0.1) is 7.05 Å². The topological polar surface area (TPSA) is 19.7 Å². The highest BCUT2D eigenvalue weighted by atomic mass is 79.9. The smallest absolute Gasteiger partial charge is 0.251 e. The average molecular weight is 233 g/mol. The summed E-state index contributed by atoms with van der Waals surface area (Å²) in [6.45, 7) is 4.31. The molecule has 1 heterocycles. The monoisotopic (exact) mass is 232 g/mol. The minimum atomic E-state index is 0. The summed E-state index contributed by atoms with van der Waals surface area (Å²) in [5, 5.41) is 0. The van der Waals surface area contributed by atoms with Crippen LogP contribution in [0.15, 0.2) is 6.20 Å². The maximum Gasteiger partial charge on any atom is 0.251 e. The van der Waals surface area contributed by atoms with Crippen molar-refractivity contribution < 1.29 is 21.5 Å². The molecule has 0 bridgehead atoms. The zero-order chi connectivity index (χ0) is 8.27. The SMILES string of the molecule is CCCCc1c[nH]c(C)[n+]1C.[Br-]. The lowest BCUT2D eigenvalue weighted by Gasteiger charge is -1.94. The molecule has 0 aromatic carbocycles. The summed E-state index contributed by atoms with van der Waals surface area (Å²) in [6.07, 6.45) is 5.84. The molecular weight excluding hydrogens is 216 g/mol. The largest absolute Gasteiger partial charge is 1.00 e. The molecule has 0 radical (unpaired) electrons. The predicted octanol–water partition coefficient (Wildman–Crippen LogP) is -1.51. The van der Waals surface area contributed by atoms with Crippen molar-refractivity contribution in [1.29, 1.82) is 0 Å². The summed E-state index contributed by atoms with van der Waals surface area (Å²) in [4.78, 5) is 3.21. The molecule has 0 aliphatic rings. The molecule has 0 saturated heterocycles. The van der Waals surface area contributed by atoms with E-state index in [-0.39, 0.29) is 17.0 Å². The number of imidazole rings is 1. The van der Waals surface area contributed by atoms with Crippen LogP contribution in [0, 0.1) is 6.92 Å². The molecule has 0 spiro atoms. The number of hydrogen-bond donors (Lipinski definition) is 1. The first-order chi connectivity index (χ1) is 5.25. The molecule has 3 heteroatoms. The number of aryl methyl sites for hydroxylation is 2. The van der Waals surface area contributed by atoms with E-state index >= 15 is 0 Å². The van der Waals surface area contributed by atoms with E-state index < -0.39 is 0 Å². The van der Waals surface area contributed by atoms with E-state index in [0.717, 1.165) is 0 Å². The van der Waals surface area contributed by atoms with Crippen LogP contribution in [0.5, 0.6) is 0 Å². The van der Waals surface area contributed by atoms with Crippen LogP contribution in [0.1, 0.15) is 31.3 Å². The van der Waals surface area contributed by atoms with Gasteiger partial charge in [0.1, 0.15) is 11.9 Å². The van der Waals surface area contributed by atoms with Crippen LogP contribution < -0.4 is 21.5 Å². The van der Waals surface area contributed by atoms with Gasteiger partial charge in [-0.15, -0.1) is 0 Å². The summed E-state index contributed by atoms with van der Waals surface area (Å²) in [7, 11) is 2.11. The van der Waals surface area contributed by atoms with Gasteiger partial charge in [-0.3, -0.25) is 0 Å². The van der Waals surface area contributed by atoms with Crippen molar-refractivity contribution in [1.82, 2.24) is 4.98 Å². The molecule has 0 amide bonds. The van der Waals surface area contributed by atoms with Gasteiger partial charge in [0.15, 0.2) is 0 Å². The van der Waals surface area contributed by atoms with Crippen molar-refractivity contribution in [2.75, 3.05) is 0 Å². The Balaban J connectivity index is 0.00000121. The van der Waals surface area contributed by atoms with Gasteiger partial charge >= 0.3 is 0 Å². The summed E-state index contributed by atoms with van der Waals surface area (Å²) >= 11 is 0. The first-order valence-corrected chi connectivity index (χ1v) is 4.28. The minimum Gasteiger partial charge on any atom is -1.00 e. The molecule has 0 unspecified atom stereocenters. The number of hydrogen-bond acceptors (Lipinski definition) is 0. The second-order valence-electron chi connectivity index (χ2n) is 3.03. The van der Waals surface area contributed by atoms with Crippen molar-refractivity contribution in [2.45, 2.75) is 33.1 Å². The fourth-order valence-corrected chi connectivity index (χ4v) is 1.19. The maximum absolute atomic E-state index is 3.21. The summed E-state index contributed by atoms with van der Waals surface area (Å²) in [5.41, 5.74) is 1.41. The number of H-pyrrole nitrogens is 1. The second-order valence-corrected chi connectivity index (χ2v) is 3.03. The lowest BCUT2D eigenvalue weighted by atomic mass is 10.2. The molecule has 0 saturated carbocycles. The third-order valence-electron chi connectivity index (χ3n) is 2.17. The summed E-state index contributed by atoms with van der Waals surface area (Å²) in [5.74, 6) is 1.23. The van der Waals surface area contributed by atoms with E-state index in [2.05, 4.69) is 36.6 Å². The van der Waals surface area contributed by atoms with Gasteiger partial charge in [-0.2, -0.15) is 0 Å². The summed E-state index contributed by atoms with van der Waals surface area (Å²) < 4.78 is 2.22. The van der Waals surface area contributed by atoms with E-state index in [9.17, 15) is 0 Å². The first kappa shape index (κ1) is 11.7. The molecular formula is C9H17BrN2. The Morgan fingerprint density at radius 3 is 2.58 bits per heavy atom. The molecule has 70 valence electrons. The van der Waals surface area contributed by atoms with E-state index in [1.165, 1.54) is 30.8 Å². The van der Waals surface area contributed by atoms with Gasteiger partial charge in [-0.25, -0.2) is 9.55 Å². The Hall–Kier alpha value is -0.310. The van der Waals surface area contributed by atoms with Crippen molar-refractivity contribution >= 4 is 0 Å². The fourth-order valence-electron chi connectivity index (χ4n) is 1.19. The highest BCUT2D eigenvalue weighted by molar-refractivity contribution is 4.89. The molecule has 0 atom stereocenters. The number of rotatable bonds is 3. The quantitative estimate of drug-likeness (QED) is 0.613. The van der Waals surface area contributed by atoms with E-state index in [1.54, 1.807) is 0 Å². The average Bonchev–Trinajstić information content (AvgIpc) is 2.31. The van der Waals surface area contributed by atoms with Crippen LogP contribution in [-0.2, 0) is 13.5 Å². The number of nitrogens with one attached hydrogen (secondary N) is 1. The van der Waals surface area contributed by atoms with Gasteiger partial charge in [0.25, 0.3) is 5.82 Å². The van der Waals surface area contributed by atoms with Crippen molar-refractivity contribution in [3.63, 3.8) is 0 Å². The first-order valence-electron chi connectivity index (χ1n) is 4.28. The number of aromatic amines is 1. The molecule has 0 aliphatic heterocycles. The van der Waals surface area contributed by atoms with Crippen molar-refractivity contribution in [3.05, 3.63) is 17.7 Å². The maximum atomic E-state index is 3.21. The minimum absolute atomic E-state index is 0. The Labute approximate surface area is 84.8 Å². The number of halogens is 1. The van der Waals surface area contributed by atoms with Crippen LogP contribution in [0.4, 0.5) is 0 Å². The van der Waals surface area contributed by atoms with Crippen molar-refractivity contribution in [2.24, 2.45) is 7.05 Å². The fraction of sp³-hybridized carbons (Fsp3) is 0.667. The molecule has 1 rings (SSSR count). The third kappa shape index (κ3) is 2.63. The molecule has 1 aromatic rings. The van der Waals surface area contributed by atoms with Crippen LogP contribution >= 0.6 is 0 Å².